The summed E-state index contributed by atoms with van der Waals surface area (Å²) in [4.78, 5) is 23.7. The molecule has 0 aromatic heterocycles. The Morgan fingerprint density at radius 3 is 3.00 bits per heavy atom. The van der Waals surface area contributed by atoms with Crippen molar-refractivity contribution in [3.05, 3.63) is 28.2 Å². The fourth-order valence-corrected chi connectivity index (χ4v) is 2.31. The lowest BCUT2D eigenvalue weighted by Crippen LogP contribution is -2.52. The molecule has 1 aliphatic rings. The zero-order valence-electron chi connectivity index (χ0n) is 11.7. The van der Waals surface area contributed by atoms with Gasteiger partial charge in [0.25, 0.3) is 0 Å². The number of carbonyl (C=O) groups is 2. The molecule has 3 N–H and O–H groups in total. The van der Waals surface area contributed by atoms with Crippen LogP contribution in [0.25, 0.3) is 0 Å². The van der Waals surface area contributed by atoms with Gasteiger partial charge in [-0.1, -0.05) is 22.0 Å². The Morgan fingerprint density at radius 1 is 1.48 bits per heavy atom. The fraction of sp³-hybridized carbons (Fsp3) is 0.429. The highest BCUT2D eigenvalue weighted by Crippen LogP contribution is 2.20. The Balaban J connectivity index is 1.81. The summed E-state index contributed by atoms with van der Waals surface area (Å²) in [5.41, 5.74) is 1.68. The molecule has 0 aliphatic carbocycles. The van der Waals surface area contributed by atoms with Gasteiger partial charge in [-0.15, -0.1) is 0 Å². The fourth-order valence-electron chi connectivity index (χ4n) is 1.95. The Kier molecular flexibility index (Phi) is 5.72. The molecule has 2 rings (SSSR count). The Morgan fingerprint density at radius 2 is 2.29 bits per heavy atom. The third-order valence-electron chi connectivity index (χ3n) is 3.14. The van der Waals surface area contributed by atoms with Gasteiger partial charge < -0.3 is 20.7 Å². The molecule has 1 aliphatic heterocycles. The molecule has 1 heterocycles. The first-order chi connectivity index (χ1) is 10.1. The number of hydrogen-bond donors (Lipinski definition) is 3. The molecule has 1 fully saturated rings. The van der Waals surface area contributed by atoms with Gasteiger partial charge in [0.2, 0.25) is 11.8 Å². The van der Waals surface area contributed by atoms with Gasteiger partial charge in [-0.25, -0.2) is 0 Å². The topological polar surface area (TPSA) is 79.5 Å². The second kappa shape index (κ2) is 7.53. The van der Waals surface area contributed by atoms with E-state index in [1.807, 2.05) is 25.1 Å². The van der Waals surface area contributed by atoms with E-state index in [-0.39, 0.29) is 24.4 Å². The minimum absolute atomic E-state index is 0.0665. The SMILES string of the molecule is Cc1ccc(Br)cc1NC(=O)CNC(=O)C1COCCN1. The van der Waals surface area contributed by atoms with Gasteiger partial charge in [0.05, 0.1) is 19.8 Å². The lowest BCUT2D eigenvalue weighted by Gasteiger charge is -2.22. The maximum absolute atomic E-state index is 11.9. The number of aryl methyl sites for hydroxylation is 1. The summed E-state index contributed by atoms with van der Waals surface area (Å²) < 4.78 is 6.09. The monoisotopic (exact) mass is 355 g/mol. The molecule has 1 aromatic rings. The van der Waals surface area contributed by atoms with Crippen LogP contribution in [0.1, 0.15) is 5.56 Å². The molecule has 21 heavy (non-hydrogen) atoms. The number of halogens is 1. The molecule has 0 radical (unpaired) electrons. The second-order valence-corrected chi connectivity index (χ2v) is 5.72. The molecule has 1 aromatic carbocycles. The first-order valence-electron chi connectivity index (χ1n) is 6.71. The summed E-state index contributed by atoms with van der Waals surface area (Å²) in [5, 5.41) is 8.41. The summed E-state index contributed by atoms with van der Waals surface area (Å²) >= 11 is 3.36. The zero-order chi connectivity index (χ0) is 15.2. The van der Waals surface area contributed by atoms with Crippen molar-refractivity contribution < 1.29 is 14.3 Å². The standard InChI is InChI=1S/C14H18BrN3O3/c1-9-2-3-10(15)6-11(9)18-13(19)7-17-14(20)12-8-21-5-4-16-12/h2-3,6,12,16H,4-5,7-8H2,1H3,(H,17,20)(H,18,19). The van der Waals surface area contributed by atoms with E-state index in [1.54, 1.807) is 0 Å². The van der Waals surface area contributed by atoms with Gasteiger partial charge in [-0.3, -0.25) is 9.59 Å². The highest BCUT2D eigenvalue weighted by molar-refractivity contribution is 9.10. The molecule has 1 unspecified atom stereocenters. The highest BCUT2D eigenvalue weighted by atomic mass is 79.9. The van der Waals surface area contributed by atoms with Gasteiger partial charge >= 0.3 is 0 Å². The van der Waals surface area contributed by atoms with Crippen LogP contribution in [0.15, 0.2) is 22.7 Å². The van der Waals surface area contributed by atoms with Crippen molar-refractivity contribution in [1.29, 1.82) is 0 Å². The van der Waals surface area contributed by atoms with E-state index >= 15 is 0 Å². The van der Waals surface area contributed by atoms with Gasteiger partial charge in [0, 0.05) is 16.7 Å². The lowest BCUT2D eigenvalue weighted by molar-refractivity contribution is -0.128. The molecule has 1 saturated heterocycles. The van der Waals surface area contributed by atoms with Crippen LogP contribution in [0.2, 0.25) is 0 Å². The van der Waals surface area contributed by atoms with E-state index in [9.17, 15) is 9.59 Å². The van der Waals surface area contributed by atoms with E-state index < -0.39 is 0 Å². The largest absolute Gasteiger partial charge is 0.378 e. The van der Waals surface area contributed by atoms with Crippen molar-refractivity contribution in [2.45, 2.75) is 13.0 Å². The molecule has 0 spiro atoms. The first kappa shape index (κ1) is 15.9. The van der Waals surface area contributed by atoms with E-state index in [4.69, 9.17) is 4.74 Å². The van der Waals surface area contributed by atoms with E-state index in [0.717, 1.165) is 15.7 Å². The number of amides is 2. The van der Waals surface area contributed by atoms with Crippen molar-refractivity contribution in [3.8, 4) is 0 Å². The smallest absolute Gasteiger partial charge is 0.243 e. The molecule has 114 valence electrons. The van der Waals surface area contributed by atoms with Crippen LogP contribution >= 0.6 is 15.9 Å². The van der Waals surface area contributed by atoms with Crippen LogP contribution in [0.5, 0.6) is 0 Å². The summed E-state index contributed by atoms with van der Waals surface area (Å²) in [6, 6.07) is 5.24. The third-order valence-corrected chi connectivity index (χ3v) is 3.63. The van der Waals surface area contributed by atoms with Crippen molar-refractivity contribution >= 4 is 33.4 Å². The summed E-state index contributed by atoms with van der Waals surface area (Å²) in [7, 11) is 0. The van der Waals surface area contributed by atoms with Crippen molar-refractivity contribution in [2.75, 3.05) is 31.6 Å². The van der Waals surface area contributed by atoms with Crippen LogP contribution in [0.3, 0.4) is 0 Å². The van der Waals surface area contributed by atoms with Crippen LogP contribution < -0.4 is 16.0 Å². The predicted molar refractivity (Wildman–Crippen MR) is 83.1 cm³/mol. The normalized spacial score (nSPS) is 18.1. The van der Waals surface area contributed by atoms with Crippen molar-refractivity contribution in [2.24, 2.45) is 0 Å². The average molecular weight is 356 g/mol. The number of nitrogens with one attached hydrogen (secondary N) is 3. The summed E-state index contributed by atoms with van der Waals surface area (Å²) in [6.45, 7) is 3.42. The Hall–Kier alpha value is -1.44. The number of benzene rings is 1. The van der Waals surface area contributed by atoms with Crippen molar-refractivity contribution in [1.82, 2.24) is 10.6 Å². The van der Waals surface area contributed by atoms with Gasteiger partial charge in [-0.05, 0) is 24.6 Å². The average Bonchev–Trinajstić information content (AvgIpc) is 2.49. The molecular formula is C14H18BrN3O3. The van der Waals surface area contributed by atoms with Gasteiger partial charge in [0.1, 0.15) is 6.04 Å². The highest BCUT2D eigenvalue weighted by Gasteiger charge is 2.21. The number of hydrogen-bond acceptors (Lipinski definition) is 4. The predicted octanol–water partition coefficient (Wildman–Crippen LogP) is 0.801. The summed E-state index contributed by atoms with van der Waals surface area (Å²) in [6.07, 6.45) is 0. The number of rotatable bonds is 4. The molecule has 6 nitrogen and oxygen atoms in total. The van der Waals surface area contributed by atoms with Gasteiger partial charge in [-0.2, -0.15) is 0 Å². The number of anilines is 1. The van der Waals surface area contributed by atoms with Crippen LogP contribution in [-0.4, -0.2) is 44.2 Å². The lowest BCUT2D eigenvalue weighted by atomic mass is 10.2. The molecular weight excluding hydrogens is 338 g/mol. The number of carbonyl (C=O) groups excluding carboxylic acids is 2. The zero-order valence-corrected chi connectivity index (χ0v) is 13.3. The van der Waals surface area contributed by atoms with E-state index in [2.05, 4.69) is 31.9 Å². The van der Waals surface area contributed by atoms with Crippen molar-refractivity contribution in [3.63, 3.8) is 0 Å². The maximum atomic E-state index is 11.9. The molecule has 2 amide bonds. The molecule has 0 bridgehead atoms. The quantitative estimate of drug-likeness (QED) is 0.746. The maximum Gasteiger partial charge on any atom is 0.243 e. The minimum Gasteiger partial charge on any atom is -0.378 e. The Bertz CT molecular complexity index is 530. The summed E-state index contributed by atoms with van der Waals surface area (Å²) in [5.74, 6) is -0.489. The number of ether oxygens (including phenoxy) is 1. The van der Waals surface area contributed by atoms with Crippen LogP contribution in [0, 0.1) is 6.92 Å². The molecule has 0 saturated carbocycles. The Labute approximate surface area is 131 Å². The van der Waals surface area contributed by atoms with E-state index in [0.29, 0.717) is 19.8 Å². The third kappa shape index (κ3) is 4.80. The second-order valence-electron chi connectivity index (χ2n) is 4.81. The first-order valence-corrected chi connectivity index (χ1v) is 7.50. The molecule has 7 heteroatoms. The van der Waals surface area contributed by atoms with E-state index in [1.165, 1.54) is 0 Å². The van der Waals surface area contributed by atoms with Gasteiger partial charge in [0.15, 0.2) is 0 Å². The molecule has 1 atom stereocenters. The van der Waals surface area contributed by atoms with Crippen LogP contribution in [-0.2, 0) is 14.3 Å². The van der Waals surface area contributed by atoms with Crippen LogP contribution in [0.4, 0.5) is 5.69 Å². The number of morpholine rings is 1. The minimum atomic E-state index is -0.390.